The molecule has 132 valence electrons. The maximum Gasteiger partial charge on any atom is 0.315 e. The first-order valence-corrected chi connectivity index (χ1v) is 8.67. The van der Waals surface area contributed by atoms with Crippen LogP contribution < -0.4 is 15.4 Å². The number of benzene rings is 1. The van der Waals surface area contributed by atoms with E-state index >= 15 is 0 Å². The van der Waals surface area contributed by atoms with E-state index in [2.05, 4.69) is 10.6 Å². The number of urea groups is 1. The second-order valence-corrected chi connectivity index (χ2v) is 6.75. The Morgan fingerprint density at radius 3 is 2.79 bits per heavy atom. The molecular formula is C18H25FN2O3. The summed E-state index contributed by atoms with van der Waals surface area (Å²) in [6.07, 6.45) is 4.57. The topological polar surface area (TPSA) is 59.6 Å². The Bertz CT molecular complexity index is 548. The van der Waals surface area contributed by atoms with Crippen LogP contribution in [0, 0.1) is 11.7 Å². The third-order valence-corrected chi connectivity index (χ3v) is 4.49. The van der Waals surface area contributed by atoms with Gasteiger partial charge in [0.2, 0.25) is 0 Å². The molecule has 24 heavy (non-hydrogen) atoms. The molecule has 2 amide bonds. The fourth-order valence-corrected chi connectivity index (χ4v) is 3.00. The number of halogens is 1. The first-order chi connectivity index (χ1) is 11.6. The molecule has 0 radical (unpaired) electrons. The fourth-order valence-electron chi connectivity index (χ4n) is 3.00. The SMILES string of the molecule is C[C@H](COc1ccc(F)cc1)NC(=O)N[C@H]1CCO[C@H](C2CC2)C1. The molecule has 3 rings (SSSR count). The van der Waals surface area contributed by atoms with Gasteiger partial charge in [-0.25, -0.2) is 9.18 Å². The first-order valence-electron chi connectivity index (χ1n) is 8.67. The average molecular weight is 336 g/mol. The van der Waals surface area contributed by atoms with Gasteiger partial charge in [-0.1, -0.05) is 0 Å². The molecule has 1 saturated carbocycles. The molecule has 1 saturated heterocycles. The van der Waals surface area contributed by atoms with Crippen LogP contribution in [-0.2, 0) is 4.74 Å². The van der Waals surface area contributed by atoms with Gasteiger partial charge in [0.1, 0.15) is 18.2 Å². The highest BCUT2D eigenvalue weighted by atomic mass is 19.1. The molecule has 5 nitrogen and oxygen atoms in total. The van der Waals surface area contributed by atoms with Crippen LogP contribution in [0.5, 0.6) is 5.75 Å². The Morgan fingerprint density at radius 2 is 2.08 bits per heavy atom. The summed E-state index contributed by atoms with van der Waals surface area (Å²) >= 11 is 0. The van der Waals surface area contributed by atoms with E-state index in [4.69, 9.17) is 9.47 Å². The third kappa shape index (κ3) is 5.09. The summed E-state index contributed by atoms with van der Waals surface area (Å²) in [5.74, 6) is 0.983. The number of ether oxygens (including phenoxy) is 2. The van der Waals surface area contributed by atoms with Gasteiger partial charge in [-0.3, -0.25) is 0 Å². The molecule has 0 unspecified atom stereocenters. The summed E-state index contributed by atoms with van der Waals surface area (Å²) in [4.78, 5) is 12.1. The molecule has 6 heteroatoms. The Morgan fingerprint density at radius 1 is 1.33 bits per heavy atom. The molecule has 0 bridgehead atoms. The van der Waals surface area contributed by atoms with Crippen molar-refractivity contribution >= 4 is 6.03 Å². The van der Waals surface area contributed by atoms with Gasteiger partial charge in [-0.15, -0.1) is 0 Å². The smallest absolute Gasteiger partial charge is 0.315 e. The lowest BCUT2D eigenvalue weighted by atomic mass is 10.0. The van der Waals surface area contributed by atoms with Crippen LogP contribution in [0.15, 0.2) is 24.3 Å². The van der Waals surface area contributed by atoms with E-state index in [-0.39, 0.29) is 23.9 Å². The third-order valence-electron chi connectivity index (χ3n) is 4.49. The molecule has 1 aromatic rings. The monoisotopic (exact) mass is 336 g/mol. The molecule has 0 spiro atoms. The largest absolute Gasteiger partial charge is 0.491 e. The van der Waals surface area contributed by atoms with E-state index in [0.717, 1.165) is 19.4 Å². The Hall–Kier alpha value is -1.82. The normalized spacial score (nSPS) is 24.9. The van der Waals surface area contributed by atoms with Crippen molar-refractivity contribution in [3.05, 3.63) is 30.1 Å². The Labute approximate surface area is 141 Å². The van der Waals surface area contributed by atoms with Crippen LogP contribution >= 0.6 is 0 Å². The van der Waals surface area contributed by atoms with Gasteiger partial charge in [0, 0.05) is 12.6 Å². The minimum absolute atomic E-state index is 0.144. The van der Waals surface area contributed by atoms with E-state index in [9.17, 15) is 9.18 Å². The summed E-state index contributed by atoms with van der Waals surface area (Å²) in [5.41, 5.74) is 0. The van der Waals surface area contributed by atoms with Crippen LogP contribution in [0.3, 0.4) is 0 Å². The molecular weight excluding hydrogens is 311 g/mol. The number of carbonyl (C=O) groups is 1. The predicted octanol–water partition coefficient (Wildman–Crippen LogP) is 2.85. The van der Waals surface area contributed by atoms with Crippen LogP contribution in [0.2, 0.25) is 0 Å². The predicted molar refractivity (Wildman–Crippen MR) is 88.5 cm³/mol. The molecule has 0 aromatic heterocycles. The number of nitrogens with one attached hydrogen (secondary N) is 2. The van der Waals surface area contributed by atoms with Gasteiger partial charge < -0.3 is 20.1 Å². The first kappa shape index (κ1) is 17.0. The summed E-state index contributed by atoms with van der Waals surface area (Å²) in [7, 11) is 0. The lowest BCUT2D eigenvalue weighted by Crippen LogP contribution is -2.49. The highest BCUT2D eigenvalue weighted by molar-refractivity contribution is 5.74. The molecule has 1 aromatic carbocycles. The number of hydrogen-bond acceptors (Lipinski definition) is 3. The van der Waals surface area contributed by atoms with Crippen LogP contribution in [-0.4, -0.2) is 37.4 Å². The number of hydrogen-bond donors (Lipinski definition) is 2. The second kappa shape index (κ2) is 7.83. The number of amides is 2. The summed E-state index contributed by atoms with van der Waals surface area (Å²) in [6, 6.07) is 5.70. The lowest BCUT2D eigenvalue weighted by Gasteiger charge is -2.30. The maximum atomic E-state index is 12.8. The fraction of sp³-hybridized carbons (Fsp3) is 0.611. The Kier molecular flexibility index (Phi) is 5.56. The summed E-state index contributed by atoms with van der Waals surface area (Å²) in [5, 5.41) is 5.91. The average Bonchev–Trinajstić information content (AvgIpc) is 3.39. The van der Waals surface area contributed by atoms with E-state index in [1.807, 2.05) is 6.92 Å². The van der Waals surface area contributed by atoms with Crippen molar-refractivity contribution < 1.29 is 18.7 Å². The zero-order valence-electron chi connectivity index (χ0n) is 14.0. The summed E-state index contributed by atoms with van der Waals surface area (Å²) < 4.78 is 24.1. The lowest BCUT2D eigenvalue weighted by molar-refractivity contribution is -0.00919. The van der Waals surface area contributed by atoms with Crippen molar-refractivity contribution in [1.29, 1.82) is 0 Å². The van der Waals surface area contributed by atoms with Gasteiger partial charge in [0.05, 0.1) is 12.1 Å². The van der Waals surface area contributed by atoms with Crippen molar-refractivity contribution in [3.63, 3.8) is 0 Å². The number of rotatable bonds is 6. The van der Waals surface area contributed by atoms with E-state index in [1.54, 1.807) is 12.1 Å². The minimum atomic E-state index is -0.297. The van der Waals surface area contributed by atoms with Gasteiger partial charge in [0.25, 0.3) is 0 Å². The van der Waals surface area contributed by atoms with Gasteiger partial charge in [-0.05, 0) is 62.8 Å². The van der Waals surface area contributed by atoms with Crippen molar-refractivity contribution in [2.75, 3.05) is 13.2 Å². The standard InChI is InChI=1S/C18H25FN2O3/c1-12(11-24-16-6-4-14(19)5-7-16)20-18(22)21-15-8-9-23-17(10-15)13-2-3-13/h4-7,12-13,15,17H,2-3,8-11H2,1H3,(H2,20,21,22)/t12-,15+,17+/m1/s1. The highest BCUT2D eigenvalue weighted by Gasteiger charge is 2.36. The summed E-state index contributed by atoms with van der Waals surface area (Å²) in [6.45, 7) is 2.92. The molecule has 2 aliphatic rings. The van der Waals surface area contributed by atoms with E-state index in [0.29, 0.717) is 24.4 Å². The molecule has 3 atom stereocenters. The molecule has 1 aliphatic heterocycles. The van der Waals surface area contributed by atoms with Crippen LogP contribution in [0.4, 0.5) is 9.18 Å². The van der Waals surface area contributed by atoms with Crippen LogP contribution in [0.25, 0.3) is 0 Å². The molecule has 1 heterocycles. The second-order valence-electron chi connectivity index (χ2n) is 6.75. The maximum absolute atomic E-state index is 12.8. The van der Waals surface area contributed by atoms with Crippen molar-refractivity contribution in [3.8, 4) is 5.75 Å². The van der Waals surface area contributed by atoms with Gasteiger partial charge in [0.15, 0.2) is 0 Å². The van der Waals surface area contributed by atoms with E-state index in [1.165, 1.54) is 25.0 Å². The molecule has 1 aliphatic carbocycles. The van der Waals surface area contributed by atoms with Crippen LogP contribution in [0.1, 0.15) is 32.6 Å². The number of carbonyl (C=O) groups excluding carboxylic acids is 1. The minimum Gasteiger partial charge on any atom is -0.491 e. The van der Waals surface area contributed by atoms with Crippen molar-refractivity contribution in [2.45, 2.75) is 50.8 Å². The zero-order valence-corrected chi connectivity index (χ0v) is 14.0. The van der Waals surface area contributed by atoms with E-state index < -0.39 is 0 Å². The quantitative estimate of drug-likeness (QED) is 0.840. The van der Waals surface area contributed by atoms with Gasteiger partial charge in [-0.2, -0.15) is 0 Å². The zero-order chi connectivity index (χ0) is 16.9. The van der Waals surface area contributed by atoms with Crippen molar-refractivity contribution in [2.24, 2.45) is 5.92 Å². The van der Waals surface area contributed by atoms with Gasteiger partial charge >= 0.3 is 6.03 Å². The molecule has 2 N–H and O–H groups in total. The Balaban J connectivity index is 1.36. The highest BCUT2D eigenvalue weighted by Crippen LogP contribution is 2.38. The molecule has 2 fully saturated rings. The van der Waals surface area contributed by atoms with Crippen molar-refractivity contribution in [1.82, 2.24) is 10.6 Å².